The normalized spacial score (nSPS) is 38.0. The van der Waals surface area contributed by atoms with Crippen LogP contribution < -0.4 is 0 Å². The van der Waals surface area contributed by atoms with Gasteiger partial charge in [0.05, 0.1) is 18.8 Å². The first-order valence-electron chi connectivity index (χ1n) is 5.56. The highest BCUT2D eigenvalue weighted by Gasteiger charge is 2.47. The van der Waals surface area contributed by atoms with E-state index in [1.54, 1.807) is 6.92 Å². The van der Waals surface area contributed by atoms with E-state index in [1.165, 1.54) is 0 Å². The minimum absolute atomic E-state index is 0.277. The summed E-state index contributed by atoms with van der Waals surface area (Å²) in [6, 6.07) is 0. The molecule has 1 heterocycles. The third-order valence-corrected chi connectivity index (χ3v) is 3.41. The predicted molar refractivity (Wildman–Crippen MR) is 56.3 cm³/mol. The zero-order valence-corrected chi connectivity index (χ0v) is 9.36. The van der Waals surface area contributed by atoms with Crippen LogP contribution in [-0.2, 0) is 14.3 Å². The molecule has 4 unspecified atom stereocenters. The predicted octanol–water partition coefficient (Wildman–Crippen LogP) is 1.92. The Bertz CT molecular complexity index is 285. The van der Waals surface area contributed by atoms with Gasteiger partial charge in [0.25, 0.3) is 0 Å². The van der Waals surface area contributed by atoms with E-state index in [9.17, 15) is 4.79 Å². The molecule has 2 fully saturated rings. The van der Waals surface area contributed by atoms with E-state index < -0.39 is 0 Å². The third kappa shape index (κ3) is 2.40. The molecule has 0 amide bonds. The van der Waals surface area contributed by atoms with E-state index >= 15 is 0 Å². The van der Waals surface area contributed by atoms with Crippen molar-refractivity contribution < 1.29 is 14.3 Å². The number of rotatable bonds is 3. The first-order valence-corrected chi connectivity index (χ1v) is 5.56. The quantitative estimate of drug-likeness (QED) is 0.406. The van der Waals surface area contributed by atoms with Gasteiger partial charge < -0.3 is 9.47 Å². The molecule has 1 aliphatic heterocycles. The van der Waals surface area contributed by atoms with E-state index in [-0.39, 0.29) is 5.97 Å². The van der Waals surface area contributed by atoms with Gasteiger partial charge >= 0.3 is 5.97 Å². The molecule has 3 heteroatoms. The second-order valence-corrected chi connectivity index (χ2v) is 4.80. The number of fused-ring (bicyclic) bond motifs is 1. The second-order valence-electron chi connectivity index (χ2n) is 4.80. The summed E-state index contributed by atoms with van der Waals surface area (Å²) in [5, 5.41) is 0. The van der Waals surface area contributed by atoms with Crippen molar-refractivity contribution in [3.63, 3.8) is 0 Å². The molecule has 2 aliphatic rings. The van der Waals surface area contributed by atoms with Crippen molar-refractivity contribution in [1.82, 2.24) is 0 Å². The van der Waals surface area contributed by atoms with Crippen molar-refractivity contribution in [3.05, 3.63) is 12.2 Å². The summed E-state index contributed by atoms with van der Waals surface area (Å²) < 4.78 is 10.7. The molecule has 4 atom stereocenters. The summed E-state index contributed by atoms with van der Waals surface area (Å²) in [4.78, 5) is 11.2. The van der Waals surface area contributed by atoms with Gasteiger partial charge in [-0.25, -0.2) is 4.79 Å². The van der Waals surface area contributed by atoms with Gasteiger partial charge in [0, 0.05) is 5.57 Å². The Labute approximate surface area is 90.4 Å². The summed E-state index contributed by atoms with van der Waals surface area (Å²) >= 11 is 0. The maximum Gasteiger partial charge on any atom is 0.333 e. The zero-order chi connectivity index (χ0) is 11.0. The molecule has 0 aromatic carbocycles. The molecule has 0 radical (unpaired) electrons. The molecular formula is C12H18O3. The molecule has 2 rings (SSSR count). The van der Waals surface area contributed by atoms with Crippen molar-refractivity contribution >= 4 is 5.97 Å². The van der Waals surface area contributed by atoms with Crippen LogP contribution in [-0.4, -0.2) is 24.8 Å². The molecule has 15 heavy (non-hydrogen) atoms. The lowest BCUT2D eigenvalue weighted by Crippen LogP contribution is -2.27. The molecule has 0 spiro atoms. The number of hydrogen-bond donors (Lipinski definition) is 0. The number of epoxide rings is 1. The van der Waals surface area contributed by atoms with Crippen LogP contribution in [0.4, 0.5) is 0 Å². The van der Waals surface area contributed by atoms with E-state index in [4.69, 9.17) is 9.47 Å². The SMILES string of the molecule is C=C(C)C(=O)OCC1CC2OC2CC1C. The van der Waals surface area contributed by atoms with Crippen LogP contribution >= 0.6 is 0 Å². The molecular weight excluding hydrogens is 192 g/mol. The second kappa shape index (κ2) is 3.97. The molecule has 84 valence electrons. The average Bonchev–Trinajstić information content (AvgIpc) is 2.91. The minimum Gasteiger partial charge on any atom is -0.462 e. The molecule has 1 saturated heterocycles. The van der Waals surface area contributed by atoms with Crippen LogP contribution in [0.3, 0.4) is 0 Å². The van der Waals surface area contributed by atoms with E-state index in [0.29, 0.717) is 36.2 Å². The van der Waals surface area contributed by atoms with Gasteiger partial charge in [-0.3, -0.25) is 0 Å². The van der Waals surface area contributed by atoms with Gasteiger partial charge in [-0.1, -0.05) is 13.5 Å². The Hall–Kier alpha value is -0.830. The monoisotopic (exact) mass is 210 g/mol. The smallest absolute Gasteiger partial charge is 0.333 e. The fourth-order valence-electron chi connectivity index (χ4n) is 2.22. The van der Waals surface area contributed by atoms with E-state index in [1.807, 2.05) is 0 Å². The van der Waals surface area contributed by atoms with Crippen molar-refractivity contribution in [2.45, 2.75) is 38.9 Å². The highest BCUT2D eigenvalue weighted by molar-refractivity contribution is 5.86. The molecule has 1 saturated carbocycles. The molecule has 0 bridgehead atoms. The molecule has 0 N–H and O–H groups in total. The van der Waals surface area contributed by atoms with Crippen molar-refractivity contribution in [2.75, 3.05) is 6.61 Å². The minimum atomic E-state index is -0.277. The van der Waals surface area contributed by atoms with Crippen LogP contribution in [0.15, 0.2) is 12.2 Å². The number of ether oxygens (including phenoxy) is 2. The lowest BCUT2D eigenvalue weighted by molar-refractivity contribution is -0.141. The maximum atomic E-state index is 11.2. The number of esters is 1. The highest BCUT2D eigenvalue weighted by atomic mass is 16.6. The number of carbonyl (C=O) groups is 1. The van der Waals surface area contributed by atoms with Gasteiger partial charge in [-0.2, -0.15) is 0 Å². The summed E-state index contributed by atoms with van der Waals surface area (Å²) in [5.41, 5.74) is 0.471. The van der Waals surface area contributed by atoms with Crippen molar-refractivity contribution in [1.29, 1.82) is 0 Å². The first kappa shape index (κ1) is 10.7. The first-order chi connectivity index (χ1) is 7.08. The lowest BCUT2D eigenvalue weighted by atomic mass is 9.81. The van der Waals surface area contributed by atoms with Crippen LogP contribution in [0, 0.1) is 11.8 Å². The fraction of sp³-hybridized carbons (Fsp3) is 0.750. The molecule has 3 nitrogen and oxygen atoms in total. The Morgan fingerprint density at radius 3 is 2.80 bits per heavy atom. The van der Waals surface area contributed by atoms with Gasteiger partial charge in [0.15, 0.2) is 0 Å². The average molecular weight is 210 g/mol. The summed E-state index contributed by atoms with van der Waals surface area (Å²) in [5.74, 6) is 0.768. The topological polar surface area (TPSA) is 38.8 Å². The summed E-state index contributed by atoms with van der Waals surface area (Å²) in [7, 11) is 0. The van der Waals surface area contributed by atoms with Gasteiger partial charge in [-0.05, 0) is 31.6 Å². The Morgan fingerprint density at radius 1 is 1.47 bits per heavy atom. The summed E-state index contributed by atoms with van der Waals surface area (Å²) in [6.07, 6.45) is 3.08. The largest absolute Gasteiger partial charge is 0.462 e. The third-order valence-electron chi connectivity index (χ3n) is 3.41. The van der Waals surface area contributed by atoms with Crippen molar-refractivity contribution in [2.24, 2.45) is 11.8 Å². The maximum absolute atomic E-state index is 11.2. The highest BCUT2D eigenvalue weighted by Crippen LogP contribution is 2.42. The van der Waals surface area contributed by atoms with E-state index in [2.05, 4.69) is 13.5 Å². The Kier molecular flexibility index (Phi) is 2.83. The standard InChI is InChI=1S/C12H18O3/c1-7(2)12(13)14-6-9-5-11-10(15-11)4-8(9)3/h8-11H,1,4-6H2,2-3H3. The van der Waals surface area contributed by atoms with Crippen LogP contribution in [0.1, 0.15) is 26.7 Å². The molecule has 0 aromatic heterocycles. The Balaban J connectivity index is 1.78. The fourth-order valence-corrected chi connectivity index (χ4v) is 2.22. The molecule has 0 aromatic rings. The van der Waals surface area contributed by atoms with Crippen LogP contribution in [0.2, 0.25) is 0 Å². The van der Waals surface area contributed by atoms with Gasteiger partial charge in [-0.15, -0.1) is 0 Å². The number of carbonyl (C=O) groups excluding carboxylic acids is 1. The Morgan fingerprint density at radius 2 is 2.13 bits per heavy atom. The summed E-state index contributed by atoms with van der Waals surface area (Å²) in [6.45, 7) is 7.95. The van der Waals surface area contributed by atoms with Crippen molar-refractivity contribution in [3.8, 4) is 0 Å². The van der Waals surface area contributed by atoms with Gasteiger partial charge in [0.2, 0.25) is 0 Å². The number of hydrogen-bond acceptors (Lipinski definition) is 3. The zero-order valence-electron chi connectivity index (χ0n) is 9.36. The van der Waals surface area contributed by atoms with Gasteiger partial charge in [0.1, 0.15) is 0 Å². The van der Waals surface area contributed by atoms with Crippen LogP contribution in [0.5, 0.6) is 0 Å². The lowest BCUT2D eigenvalue weighted by Gasteiger charge is -2.25. The van der Waals surface area contributed by atoms with E-state index in [0.717, 1.165) is 12.8 Å². The molecule has 1 aliphatic carbocycles. The van der Waals surface area contributed by atoms with Crippen LogP contribution in [0.25, 0.3) is 0 Å².